The number of thiazole rings is 1. The number of carbonyl (C=O) groups is 1. The van der Waals surface area contributed by atoms with E-state index in [1.54, 1.807) is 17.5 Å². The van der Waals surface area contributed by atoms with Gasteiger partial charge in [-0.1, -0.05) is 24.3 Å². The van der Waals surface area contributed by atoms with Crippen LogP contribution in [-0.2, 0) is 17.8 Å². The topological polar surface area (TPSA) is 59.4 Å². The van der Waals surface area contributed by atoms with Crippen LogP contribution in [0, 0.1) is 13.8 Å². The van der Waals surface area contributed by atoms with Crippen LogP contribution < -0.4 is 5.32 Å². The number of nitrogens with zero attached hydrogens (tertiary/aromatic N) is 3. The Labute approximate surface area is 187 Å². The van der Waals surface area contributed by atoms with Gasteiger partial charge in [-0.3, -0.25) is 14.3 Å². The number of rotatable bonds is 6. The van der Waals surface area contributed by atoms with E-state index in [0.29, 0.717) is 12.1 Å². The van der Waals surface area contributed by atoms with Crippen molar-refractivity contribution in [2.75, 3.05) is 13.1 Å². The van der Waals surface area contributed by atoms with E-state index >= 15 is 0 Å². The number of amides is 1. The maximum atomic E-state index is 13.0. The van der Waals surface area contributed by atoms with Crippen molar-refractivity contribution in [2.45, 2.75) is 53.0 Å². The lowest BCUT2D eigenvalue weighted by atomic mass is 10.1. The molecular weight excluding hydrogens is 408 g/mol. The van der Waals surface area contributed by atoms with Crippen molar-refractivity contribution in [3.05, 3.63) is 70.0 Å². The molecule has 1 saturated heterocycles. The van der Waals surface area contributed by atoms with Gasteiger partial charge in [0.1, 0.15) is 0 Å². The summed E-state index contributed by atoms with van der Waals surface area (Å²) in [5.41, 5.74) is 5.01. The molecule has 3 heterocycles. The van der Waals surface area contributed by atoms with Crippen molar-refractivity contribution in [3.63, 3.8) is 0 Å². The van der Waals surface area contributed by atoms with Gasteiger partial charge in [0.2, 0.25) is 0 Å². The van der Waals surface area contributed by atoms with E-state index in [-0.39, 0.29) is 18.1 Å². The lowest BCUT2D eigenvalue weighted by Crippen LogP contribution is -2.45. The van der Waals surface area contributed by atoms with Gasteiger partial charge in [0.25, 0.3) is 5.91 Å². The van der Waals surface area contributed by atoms with Gasteiger partial charge in [-0.2, -0.15) is 0 Å². The van der Waals surface area contributed by atoms with Crippen LogP contribution in [0.1, 0.15) is 46.7 Å². The molecule has 7 heteroatoms. The highest BCUT2D eigenvalue weighted by Gasteiger charge is 2.23. The summed E-state index contributed by atoms with van der Waals surface area (Å²) in [5, 5.41) is 5.95. The van der Waals surface area contributed by atoms with Crippen LogP contribution in [0.3, 0.4) is 0 Å². The molecule has 1 aliphatic heterocycles. The molecule has 0 spiro atoms. The fourth-order valence-corrected chi connectivity index (χ4v) is 5.17. The minimum atomic E-state index is -0.0562. The molecule has 164 valence electrons. The molecule has 2 atom stereocenters. The maximum Gasteiger partial charge on any atom is 0.253 e. The third-order valence-electron chi connectivity index (χ3n) is 5.73. The van der Waals surface area contributed by atoms with E-state index in [0.717, 1.165) is 41.7 Å². The van der Waals surface area contributed by atoms with Crippen molar-refractivity contribution >= 4 is 17.2 Å². The normalized spacial score (nSPS) is 19.5. The molecule has 31 heavy (non-hydrogen) atoms. The first kappa shape index (κ1) is 21.7. The quantitative estimate of drug-likeness (QED) is 0.630. The molecule has 0 radical (unpaired) electrons. The molecule has 1 fully saturated rings. The van der Waals surface area contributed by atoms with Gasteiger partial charge in [0, 0.05) is 49.1 Å². The Balaban J connectivity index is 1.45. The first-order valence-corrected chi connectivity index (χ1v) is 11.6. The van der Waals surface area contributed by atoms with E-state index in [9.17, 15) is 4.79 Å². The summed E-state index contributed by atoms with van der Waals surface area (Å²) in [6.45, 7) is 11.4. The maximum absolute atomic E-state index is 13.0. The second kappa shape index (κ2) is 9.34. The summed E-state index contributed by atoms with van der Waals surface area (Å²) in [7, 11) is 0. The van der Waals surface area contributed by atoms with Crippen LogP contribution in [0.2, 0.25) is 0 Å². The number of carbonyl (C=O) groups excluding carboxylic acids is 1. The number of morpholine rings is 1. The molecule has 0 saturated carbocycles. The average molecular weight is 439 g/mol. The molecule has 1 amide bonds. The third kappa shape index (κ3) is 4.89. The predicted octanol–water partition coefficient (Wildman–Crippen LogP) is 4.09. The highest BCUT2D eigenvalue weighted by atomic mass is 32.1. The van der Waals surface area contributed by atoms with Crippen molar-refractivity contribution in [1.82, 2.24) is 19.8 Å². The molecule has 1 N–H and O–H groups in total. The Morgan fingerprint density at radius 1 is 1.19 bits per heavy atom. The van der Waals surface area contributed by atoms with Gasteiger partial charge in [0.15, 0.2) is 5.13 Å². The van der Waals surface area contributed by atoms with Gasteiger partial charge < -0.3 is 10.1 Å². The molecule has 3 aromatic rings. The highest BCUT2D eigenvalue weighted by Crippen LogP contribution is 2.22. The summed E-state index contributed by atoms with van der Waals surface area (Å²) in [4.78, 5) is 19.8. The molecule has 1 aliphatic rings. The molecular formula is C24H30N4O2S. The van der Waals surface area contributed by atoms with Crippen LogP contribution in [0.25, 0.3) is 5.13 Å². The zero-order valence-corrected chi connectivity index (χ0v) is 19.4. The van der Waals surface area contributed by atoms with Gasteiger partial charge in [0.05, 0.1) is 17.8 Å². The Kier molecular flexibility index (Phi) is 6.55. The van der Waals surface area contributed by atoms with Crippen molar-refractivity contribution in [1.29, 1.82) is 0 Å². The predicted molar refractivity (Wildman–Crippen MR) is 124 cm³/mol. The van der Waals surface area contributed by atoms with Crippen molar-refractivity contribution in [3.8, 4) is 5.13 Å². The van der Waals surface area contributed by atoms with Crippen LogP contribution in [-0.4, -0.2) is 45.7 Å². The molecule has 0 aliphatic carbocycles. The first-order valence-electron chi connectivity index (χ1n) is 10.7. The zero-order valence-electron chi connectivity index (χ0n) is 18.6. The molecule has 2 unspecified atom stereocenters. The van der Waals surface area contributed by atoms with Crippen LogP contribution in [0.15, 0.2) is 41.9 Å². The van der Waals surface area contributed by atoms with Crippen LogP contribution in [0.4, 0.5) is 0 Å². The Morgan fingerprint density at radius 3 is 2.58 bits per heavy atom. The monoisotopic (exact) mass is 438 g/mol. The van der Waals surface area contributed by atoms with Crippen LogP contribution >= 0.6 is 11.3 Å². The first-order chi connectivity index (χ1) is 14.9. The Morgan fingerprint density at radius 2 is 1.90 bits per heavy atom. The fourth-order valence-electron chi connectivity index (χ4n) is 4.42. The van der Waals surface area contributed by atoms with Gasteiger partial charge in [-0.15, -0.1) is 11.3 Å². The lowest BCUT2D eigenvalue weighted by Gasteiger charge is -2.35. The van der Waals surface area contributed by atoms with Gasteiger partial charge in [-0.25, -0.2) is 4.98 Å². The highest BCUT2D eigenvalue weighted by molar-refractivity contribution is 7.12. The molecule has 2 aromatic heterocycles. The standard InChI is InChI=1S/C24H30N4O2S/c1-16-11-22(19(4)28(16)24-25-9-10-31-24)23(29)26-12-20-7-5-6-8-21(20)15-27-13-17(2)30-18(3)14-27/h5-11,17-18H,12-15H2,1-4H3,(H,26,29). The summed E-state index contributed by atoms with van der Waals surface area (Å²) in [6, 6.07) is 10.3. The molecule has 6 nitrogen and oxygen atoms in total. The number of ether oxygens (including phenoxy) is 1. The average Bonchev–Trinajstić information content (AvgIpc) is 3.34. The van der Waals surface area contributed by atoms with Crippen molar-refractivity contribution < 1.29 is 9.53 Å². The minimum Gasteiger partial charge on any atom is -0.373 e. The van der Waals surface area contributed by atoms with E-state index in [2.05, 4.69) is 47.2 Å². The summed E-state index contributed by atoms with van der Waals surface area (Å²) >= 11 is 1.56. The third-order valence-corrected chi connectivity index (χ3v) is 6.49. The second-order valence-corrected chi connectivity index (χ2v) is 9.21. The van der Waals surface area contributed by atoms with E-state index in [4.69, 9.17) is 4.74 Å². The zero-order chi connectivity index (χ0) is 22.0. The van der Waals surface area contributed by atoms with E-state index in [1.807, 2.05) is 35.9 Å². The van der Waals surface area contributed by atoms with Crippen molar-refractivity contribution in [2.24, 2.45) is 0 Å². The lowest BCUT2D eigenvalue weighted by molar-refractivity contribution is -0.0705. The second-order valence-electron chi connectivity index (χ2n) is 8.34. The Hall–Kier alpha value is -2.48. The number of hydrogen-bond acceptors (Lipinski definition) is 5. The summed E-state index contributed by atoms with van der Waals surface area (Å²) in [5.74, 6) is -0.0562. The SMILES string of the molecule is Cc1cc(C(=O)NCc2ccccc2CN2CC(C)OC(C)C2)c(C)n1-c1nccs1. The summed E-state index contributed by atoms with van der Waals surface area (Å²) in [6.07, 6.45) is 2.26. The molecule has 1 aromatic carbocycles. The van der Waals surface area contributed by atoms with E-state index < -0.39 is 0 Å². The molecule has 4 rings (SSSR count). The fraction of sp³-hybridized carbons (Fsp3) is 0.417. The number of aromatic nitrogens is 2. The number of nitrogens with one attached hydrogen (secondary N) is 1. The number of benzene rings is 1. The van der Waals surface area contributed by atoms with E-state index in [1.165, 1.54) is 5.56 Å². The minimum absolute atomic E-state index is 0.0562. The van der Waals surface area contributed by atoms with Crippen LogP contribution in [0.5, 0.6) is 0 Å². The molecule has 0 bridgehead atoms. The largest absolute Gasteiger partial charge is 0.373 e. The van der Waals surface area contributed by atoms with Gasteiger partial charge in [-0.05, 0) is 44.9 Å². The number of aryl methyl sites for hydroxylation is 1. The Bertz CT molecular complexity index is 1030. The van der Waals surface area contributed by atoms with Gasteiger partial charge >= 0.3 is 0 Å². The smallest absolute Gasteiger partial charge is 0.253 e. The number of hydrogen-bond donors (Lipinski definition) is 1. The summed E-state index contributed by atoms with van der Waals surface area (Å²) < 4.78 is 7.89.